The first-order valence-electron chi connectivity index (χ1n) is 5.50. The zero-order valence-electron chi connectivity index (χ0n) is 9.85. The minimum Gasteiger partial charge on any atom is -0.449 e. The van der Waals surface area contributed by atoms with E-state index in [1.807, 2.05) is 0 Å². The molecule has 1 atom stereocenters. The van der Waals surface area contributed by atoms with Gasteiger partial charge in [0.25, 0.3) is 5.91 Å². The van der Waals surface area contributed by atoms with Crippen LogP contribution < -0.4 is 5.73 Å². The van der Waals surface area contributed by atoms with Crippen LogP contribution in [0.3, 0.4) is 0 Å². The molecule has 0 aliphatic carbocycles. The first-order valence-corrected chi connectivity index (χ1v) is 5.88. The van der Waals surface area contributed by atoms with E-state index in [1.54, 1.807) is 19.2 Å². The topological polar surface area (TPSA) is 72.6 Å². The van der Waals surface area contributed by atoms with Crippen molar-refractivity contribution >= 4 is 29.2 Å². The van der Waals surface area contributed by atoms with Gasteiger partial charge in [0, 0.05) is 20.0 Å². The molecule has 1 aromatic rings. The van der Waals surface area contributed by atoms with Gasteiger partial charge in [-0.1, -0.05) is 17.7 Å². The molecule has 0 saturated carbocycles. The van der Waals surface area contributed by atoms with E-state index in [0.717, 1.165) is 0 Å². The molecule has 5 nitrogen and oxygen atoms in total. The summed E-state index contributed by atoms with van der Waals surface area (Å²) in [4.78, 5) is 25.0. The standard InChI is InChI=1S/C12H13ClN2O3/c1-15-6-5-9(11(15)16)18-12(17)7-3-2-4-8(14)10(7)13/h2-4,9H,5-6,14H2,1H3. The second-order valence-electron chi connectivity index (χ2n) is 4.15. The molecule has 2 N–H and O–H groups in total. The molecule has 1 aliphatic rings. The Balaban J connectivity index is 2.13. The highest BCUT2D eigenvalue weighted by Crippen LogP contribution is 2.25. The van der Waals surface area contributed by atoms with E-state index in [4.69, 9.17) is 22.1 Å². The van der Waals surface area contributed by atoms with E-state index >= 15 is 0 Å². The number of amides is 1. The first kappa shape index (κ1) is 12.7. The lowest BCUT2D eigenvalue weighted by Gasteiger charge is -2.12. The summed E-state index contributed by atoms with van der Waals surface area (Å²) >= 11 is 5.92. The van der Waals surface area contributed by atoms with Crippen LogP contribution in [-0.4, -0.2) is 36.5 Å². The minimum atomic E-state index is -0.722. The number of likely N-dealkylation sites (N-methyl/N-ethyl adjacent to an activating group) is 1. The summed E-state index contributed by atoms with van der Waals surface area (Å²) in [6.45, 7) is 0.585. The molecule has 6 heteroatoms. The van der Waals surface area contributed by atoms with Crippen LogP contribution in [0.4, 0.5) is 5.69 Å². The number of nitrogens with zero attached hydrogens (tertiary/aromatic N) is 1. The predicted molar refractivity (Wildman–Crippen MR) is 67.3 cm³/mol. The van der Waals surface area contributed by atoms with Gasteiger partial charge in [-0.2, -0.15) is 0 Å². The summed E-state index contributed by atoms with van der Waals surface area (Å²) in [7, 11) is 1.67. The minimum absolute atomic E-state index is 0.154. The lowest BCUT2D eigenvalue weighted by molar-refractivity contribution is -0.133. The number of esters is 1. The number of benzene rings is 1. The van der Waals surface area contributed by atoms with E-state index in [0.29, 0.717) is 18.7 Å². The van der Waals surface area contributed by atoms with Crippen molar-refractivity contribution in [3.63, 3.8) is 0 Å². The largest absolute Gasteiger partial charge is 0.449 e. The molecule has 1 heterocycles. The lowest BCUT2D eigenvalue weighted by atomic mass is 10.2. The van der Waals surface area contributed by atoms with E-state index in [9.17, 15) is 9.59 Å². The Morgan fingerprint density at radius 1 is 1.56 bits per heavy atom. The molecule has 96 valence electrons. The van der Waals surface area contributed by atoms with Crippen molar-refractivity contribution in [1.82, 2.24) is 4.90 Å². The van der Waals surface area contributed by atoms with Gasteiger partial charge in [0.05, 0.1) is 16.3 Å². The SMILES string of the molecule is CN1CCC(OC(=O)c2cccc(N)c2Cl)C1=O. The molecule has 1 fully saturated rings. The Morgan fingerprint density at radius 3 is 2.89 bits per heavy atom. The highest BCUT2D eigenvalue weighted by atomic mass is 35.5. The number of nitrogen functional groups attached to an aromatic ring is 1. The van der Waals surface area contributed by atoms with Gasteiger partial charge in [-0.05, 0) is 12.1 Å². The van der Waals surface area contributed by atoms with Crippen molar-refractivity contribution < 1.29 is 14.3 Å². The Kier molecular flexibility index (Phi) is 3.43. The van der Waals surface area contributed by atoms with Crippen molar-refractivity contribution in [2.45, 2.75) is 12.5 Å². The van der Waals surface area contributed by atoms with E-state index in [-0.39, 0.29) is 16.5 Å². The highest BCUT2D eigenvalue weighted by Gasteiger charge is 2.32. The summed E-state index contributed by atoms with van der Waals surface area (Å²) in [5, 5.41) is 0.154. The van der Waals surface area contributed by atoms with E-state index in [2.05, 4.69) is 0 Å². The first-order chi connectivity index (χ1) is 8.50. The normalized spacial score (nSPS) is 19.1. The number of hydrogen-bond acceptors (Lipinski definition) is 4. The van der Waals surface area contributed by atoms with Crippen molar-refractivity contribution in [3.05, 3.63) is 28.8 Å². The van der Waals surface area contributed by atoms with Gasteiger partial charge in [-0.25, -0.2) is 4.79 Å². The maximum Gasteiger partial charge on any atom is 0.340 e. The molecule has 1 amide bonds. The molecule has 0 aromatic heterocycles. The Hall–Kier alpha value is -1.75. The van der Waals surface area contributed by atoms with Crippen molar-refractivity contribution in [3.8, 4) is 0 Å². The average molecular weight is 269 g/mol. The molecule has 1 saturated heterocycles. The summed E-state index contributed by atoms with van der Waals surface area (Å²) in [5.74, 6) is -0.815. The second kappa shape index (κ2) is 4.86. The quantitative estimate of drug-likeness (QED) is 0.648. The zero-order chi connectivity index (χ0) is 13.3. The third-order valence-corrected chi connectivity index (χ3v) is 3.30. The molecular weight excluding hydrogens is 256 g/mol. The van der Waals surface area contributed by atoms with Crippen LogP contribution in [0, 0.1) is 0 Å². The van der Waals surface area contributed by atoms with Gasteiger partial charge in [-0.3, -0.25) is 4.79 Å². The number of likely N-dealkylation sites (tertiary alicyclic amines) is 1. The van der Waals surface area contributed by atoms with Gasteiger partial charge in [-0.15, -0.1) is 0 Å². The van der Waals surface area contributed by atoms with Crippen LogP contribution in [0.5, 0.6) is 0 Å². The fourth-order valence-electron chi connectivity index (χ4n) is 1.80. The van der Waals surface area contributed by atoms with E-state index < -0.39 is 12.1 Å². The summed E-state index contributed by atoms with van der Waals surface area (Å²) in [6, 6.07) is 4.72. The Morgan fingerprint density at radius 2 is 2.28 bits per heavy atom. The molecule has 2 rings (SSSR count). The maximum absolute atomic E-state index is 11.9. The predicted octanol–water partition coefficient (Wildman–Crippen LogP) is 1.31. The Bertz CT molecular complexity index is 504. The highest BCUT2D eigenvalue weighted by molar-refractivity contribution is 6.36. The average Bonchev–Trinajstić information content (AvgIpc) is 2.64. The maximum atomic E-state index is 11.9. The molecule has 1 aliphatic heterocycles. The second-order valence-corrected chi connectivity index (χ2v) is 4.53. The molecule has 1 unspecified atom stereocenters. The van der Waals surface area contributed by atoms with E-state index in [1.165, 1.54) is 11.0 Å². The van der Waals surface area contributed by atoms with Gasteiger partial charge >= 0.3 is 5.97 Å². The van der Waals surface area contributed by atoms with Crippen LogP contribution in [0.25, 0.3) is 0 Å². The van der Waals surface area contributed by atoms with Gasteiger partial charge in [0.1, 0.15) is 0 Å². The van der Waals surface area contributed by atoms with Crippen molar-refractivity contribution in [2.24, 2.45) is 0 Å². The smallest absolute Gasteiger partial charge is 0.340 e. The van der Waals surface area contributed by atoms with Gasteiger partial charge < -0.3 is 15.4 Å². The third kappa shape index (κ3) is 2.26. The molecule has 1 aromatic carbocycles. The lowest BCUT2D eigenvalue weighted by Crippen LogP contribution is -2.29. The van der Waals surface area contributed by atoms with Crippen LogP contribution in [0.15, 0.2) is 18.2 Å². The number of carbonyl (C=O) groups excluding carboxylic acids is 2. The van der Waals surface area contributed by atoms with Gasteiger partial charge in [0.15, 0.2) is 6.10 Å². The van der Waals surface area contributed by atoms with Crippen molar-refractivity contribution in [2.75, 3.05) is 19.3 Å². The number of hydrogen-bond donors (Lipinski definition) is 1. The van der Waals surface area contributed by atoms with Crippen LogP contribution in [0.1, 0.15) is 16.8 Å². The number of rotatable bonds is 2. The summed E-state index contributed by atoms with van der Waals surface area (Å²) in [6.07, 6.45) is -0.221. The molecule has 0 spiro atoms. The molecular formula is C12H13ClN2O3. The van der Waals surface area contributed by atoms with Crippen LogP contribution >= 0.6 is 11.6 Å². The van der Waals surface area contributed by atoms with Crippen LogP contribution in [-0.2, 0) is 9.53 Å². The van der Waals surface area contributed by atoms with Gasteiger partial charge in [0.2, 0.25) is 0 Å². The number of halogens is 1. The fraction of sp³-hybridized carbons (Fsp3) is 0.333. The third-order valence-electron chi connectivity index (χ3n) is 2.88. The number of nitrogens with two attached hydrogens (primary N) is 1. The number of anilines is 1. The molecule has 0 bridgehead atoms. The number of ether oxygens (including phenoxy) is 1. The Labute approximate surface area is 109 Å². The zero-order valence-corrected chi connectivity index (χ0v) is 10.6. The summed E-state index contributed by atoms with van der Waals surface area (Å²) < 4.78 is 5.15. The monoisotopic (exact) mass is 268 g/mol. The van der Waals surface area contributed by atoms with Crippen molar-refractivity contribution in [1.29, 1.82) is 0 Å². The molecule has 18 heavy (non-hydrogen) atoms. The summed E-state index contributed by atoms with van der Waals surface area (Å²) in [5.41, 5.74) is 6.09. The van der Waals surface area contributed by atoms with Crippen LogP contribution in [0.2, 0.25) is 5.02 Å². The number of carbonyl (C=O) groups is 2. The molecule has 0 radical (unpaired) electrons. The fourth-order valence-corrected chi connectivity index (χ4v) is 2.00.